The van der Waals surface area contributed by atoms with Gasteiger partial charge >= 0.3 is 0 Å². The van der Waals surface area contributed by atoms with Gasteiger partial charge in [-0.2, -0.15) is 4.72 Å². The monoisotopic (exact) mass is 346 g/mol. The molecule has 0 spiro atoms. The Bertz CT molecular complexity index is 606. The third-order valence-electron chi connectivity index (χ3n) is 3.88. The molecule has 0 amide bonds. The van der Waals surface area contributed by atoms with Crippen molar-refractivity contribution < 1.29 is 8.42 Å². The summed E-state index contributed by atoms with van der Waals surface area (Å²) in [7, 11) is -3.67. The molecule has 4 nitrogen and oxygen atoms in total. The minimum absolute atomic E-state index is 0.173. The molecule has 1 saturated carbocycles. The van der Waals surface area contributed by atoms with Crippen molar-refractivity contribution in [3.63, 3.8) is 0 Å². The van der Waals surface area contributed by atoms with Crippen LogP contribution in [0.2, 0.25) is 5.02 Å². The Morgan fingerprint density at radius 3 is 2.14 bits per heavy atom. The van der Waals surface area contributed by atoms with Crippen molar-refractivity contribution in [2.24, 2.45) is 5.73 Å². The number of nitrogens with one attached hydrogen (secondary N) is 1. The predicted molar refractivity (Wildman–Crippen MR) is 89.0 cm³/mol. The first-order valence-electron chi connectivity index (χ1n) is 6.95. The normalized spacial score (nSPS) is 18.9. The fourth-order valence-corrected chi connectivity index (χ4v) is 4.55. The van der Waals surface area contributed by atoms with Gasteiger partial charge in [-0.1, -0.05) is 49.5 Å². The second-order valence-electron chi connectivity index (χ2n) is 5.42. The van der Waals surface area contributed by atoms with Gasteiger partial charge in [-0.15, -0.1) is 0 Å². The van der Waals surface area contributed by atoms with E-state index in [9.17, 15) is 8.42 Å². The summed E-state index contributed by atoms with van der Waals surface area (Å²) in [5, 5.41) is 0.493. The summed E-state index contributed by atoms with van der Waals surface area (Å²) in [6.07, 6.45) is 5.28. The van der Waals surface area contributed by atoms with Gasteiger partial charge in [0.05, 0.1) is 15.4 Å². The number of hydrogen-bond donors (Lipinski definition) is 2. The average molecular weight is 347 g/mol. The van der Waals surface area contributed by atoms with Gasteiger partial charge in [0, 0.05) is 5.02 Å². The van der Waals surface area contributed by atoms with Crippen LogP contribution < -0.4 is 10.5 Å². The Morgan fingerprint density at radius 1 is 1.14 bits per heavy atom. The fourth-order valence-electron chi connectivity index (χ4n) is 2.66. The lowest BCUT2D eigenvalue weighted by Crippen LogP contribution is -2.56. The topological polar surface area (TPSA) is 72.2 Å². The number of hydrogen-bond acceptors (Lipinski definition) is 3. The van der Waals surface area contributed by atoms with E-state index in [1.54, 1.807) is 12.1 Å². The van der Waals surface area contributed by atoms with Crippen molar-refractivity contribution in [1.29, 1.82) is 0 Å². The molecule has 2 rings (SSSR count). The lowest BCUT2D eigenvalue weighted by atomic mass is 9.91. The Kier molecular flexibility index (Phi) is 5.24. The van der Waals surface area contributed by atoms with Crippen LogP contribution in [0.4, 0.5) is 0 Å². The van der Waals surface area contributed by atoms with Crippen LogP contribution in [0.5, 0.6) is 0 Å². The Balaban J connectivity index is 2.31. The van der Waals surface area contributed by atoms with Crippen LogP contribution in [-0.2, 0) is 10.0 Å². The van der Waals surface area contributed by atoms with Gasteiger partial charge < -0.3 is 5.73 Å². The molecule has 1 aliphatic carbocycles. The van der Waals surface area contributed by atoms with Crippen molar-refractivity contribution in [3.05, 3.63) is 29.3 Å². The van der Waals surface area contributed by atoms with Gasteiger partial charge in [-0.3, -0.25) is 0 Å². The molecule has 1 aromatic carbocycles. The van der Waals surface area contributed by atoms with E-state index in [1.807, 2.05) is 0 Å². The second kappa shape index (κ2) is 6.60. The molecule has 0 bridgehead atoms. The zero-order valence-corrected chi connectivity index (χ0v) is 14.0. The molecule has 0 unspecified atom stereocenters. The zero-order chi connectivity index (χ0) is 15.5. The SMILES string of the molecule is NC(=S)C1(NS(=O)(=O)c2ccc(Cl)cc2)CCCCCC1. The van der Waals surface area contributed by atoms with E-state index in [-0.39, 0.29) is 9.88 Å². The molecular formula is C14H19ClN2O2S2. The summed E-state index contributed by atoms with van der Waals surface area (Å²) >= 11 is 11.0. The number of benzene rings is 1. The molecule has 1 aromatic rings. The van der Waals surface area contributed by atoms with Crippen molar-refractivity contribution in [2.75, 3.05) is 0 Å². The summed E-state index contributed by atoms with van der Waals surface area (Å²) in [6.45, 7) is 0. The maximum atomic E-state index is 12.6. The van der Waals surface area contributed by atoms with Crippen LogP contribution in [-0.4, -0.2) is 18.9 Å². The van der Waals surface area contributed by atoms with E-state index < -0.39 is 15.6 Å². The highest BCUT2D eigenvalue weighted by Crippen LogP contribution is 2.29. The first kappa shape index (κ1) is 16.7. The number of nitrogens with two attached hydrogens (primary N) is 1. The first-order valence-corrected chi connectivity index (χ1v) is 9.22. The highest BCUT2D eigenvalue weighted by Gasteiger charge is 2.38. The molecule has 7 heteroatoms. The van der Waals surface area contributed by atoms with E-state index in [4.69, 9.17) is 29.6 Å². The summed E-state index contributed by atoms with van der Waals surface area (Å²) in [5.41, 5.74) is 5.05. The zero-order valence-electron chi connectivity index (χ0n) is 11.6. The molecule has 0 heterocycles. The van der Waals surface area contributed by atoms with E-state index >= 15 is 0 Å². The van der Waals surface area contributed by atoms with Crippen molar-refractivity contribution >= 4 is 38.8 Å². The Labute approximate surface area is 136 Å². The molecule has 1 fully saturated rings. The smallest absolute Gasteiger partial charge is 0.241 e. The lowest BCUT2D eigenvalue weighted by Gasteiger charge is -2.32. The first-order chi connectivity index (χ1) is 9.86. The summed E-state index contributed by atoms with van der Waals surface area (Å²) in [4.78, 5) is 0.397. The number of rotatable bonds is 4. The second-order valence-corrected chi connectivity index (χ2v) is 7.98. The van der Waals surface area contributed by atoms with Gasteiger partial charge in [0.25, 0.3) is 0 Å². The van der Waals surface area contributed by atoms with Crippen LogP contribution in [0.15, 0.2) is 29.2 Å². The lowest BCUT2D eigenvalue weighted by molar-refractivity contribution is 0.441. The largest absolute Gasteiger partial charge is 0.392 e. The van der Waals surface area contributed by atoms with Gasteiger partial charge in [0.1, 0.15) is 0 Å². The molecular weight excluding hydrogens is 328 g/mol. The predicted octanol–water partition coefficient (Wildman–Crippen LogP) is 3.00. The molecule has 0 radical (unpaired) electrons. The van der Waals surface area contributed by atoms with E-state index in [2.05, 4.69) is 4.72 Å². The fraction of sp³-hybridized carbons (Fsp3) is 0.500. The number of thiocarbonyl (C=S) groups is 1. The van der Waals surface area contributed by atoms with Crippen LogP contribution in [0.1, 0.15) is 38.5 Å². The average Bonchev–Trinajstić information content (AvgIpc) is 2.65. The van der Waals surface area contributed by atoms with E-state index in [0.717, 1.165) is 25.7 Å². The van der Waals surface area contributed by atoms with Crippen molar-refractivity contribution in [2.45, 2.75) is 49.0 Å². The van der Waals surface area contributed by atoms with E-state index in [0.29, 0.717) is 17.9 Å². The molecule has 21 heavy (non-hydrogen) atoms. The standard InChI is InChI=1S/C14H19ClN2O2S2/c15-11-5-7-12(8-6-11)21(18,19)17-14(13(16)20)9-3-1-2-4-10-14/h5-8,17H,1-4,9-10H2,(H2,16,20). The van der Waals surface area contributed by atoms with Crippen LogP contribution in [0.25, 0.3) is 0 Å². The highest BCUT2D eigenvalue weighted by atomic mass is 35.5. The molecule has 0 aliphatic heterocycles. The van der Waals surface area contributed by atoms with Gasteiger partial charge in [-0.05, 0) is 37.1 Å². The third-order valence-corrected chi connectivity index (χ3v) is 6.08. The molecule has 116 valence electrons. The highest BCUT2D eigenvalue weighted by molar-refractivity contribution is 7.89. The summed E-state index contributed by atoms with van der Waals surface area (Å²) in [5.74, 6) is 0. The molecule has 0 aromatic heterocycles. The Morgan fingerprint density at radius 2 is 1.67 bits per heavy atom. The van der Waals surface area contributed by atoms with Crippen molar-refractivity contribution in [1.82, 2.24) is 4.72 Å². The molecule has 0 saturated heterocycles. The van der Waals surface area contributed by atoms with Crippen LogP contribution in [0, 0.1) is 0 Å². The van der Waals surface area contributed by atoms with Crippen LogP contribution >= 0.6 is 23.8 Å². The van der Waals surface area contributed by atoms with E-state index in [1.165, 1.54) is 12.1 Å². The third kappa shape index (κ3) is 3.94. The maximum absolute atomic E-state index is 12.6. The van der Waals surface area contributed by atoms with Crippen LogP contribution in [0.3, 0.4) is 0 Å². The number of halogens is 1. The van der Waals surface area contributed by atoms with Gasteiger partial charge in [0.2, 0.25) is 10.0 Å². The molecule has 3 N–H and O–H groups in total. The summed E-state index contributed by atoms with van der Waals surface area (Å²) in [6, 6.07) is 6.07. The summed E-state index contributed by atoms with van der Waals surface area (Å²) < 4.78 is 27.9. The van der Waals surface area contributed by atoms with Crippen molar-refractivity contribution in [3.8, 4) is 0 Å². The van der Waals surface area contributed by atoms with Gasteiger partial charge in [0.15, 0.2) is 0 Å². The quantitative estimate of drug-likeness (QED) is 0.649. The molecule has 1 aliphatic rings. The number of sulfonamides is 1. The molecule has 0 atom stereocenters. The minimum Gasteiger partial charge on any atom is -0.392 e. The van der Waals surface area contributed by atoms with Gasteiger partial charge in [-0.25, -0.2) is 8.42 Å². The Hall–Kier alpha value is -0.690. The maximum Gasteiger partial charge on any atom is 0.241 e. The minimum atomic E-state index is -3.67.